The summed E-state index contributed by atoms with van der Waals surface area (Å²) in [7, 11) is 0. The second-order valence-corrected chi connectivity index (χ2v) is 10.4. The van der Waals surface area contributed by atoms with Crippen molar-refractivity contribution in [2.75, 3.05) is 0 Å². The fourth-order valence-electron chi connectivity index (χ4n) is 1.74. The van der Waals surface area contributed by atoms with Crippen LogP contribution in [0.1, 0.15) is 52.4 Å². The molecule has 0 nitrogen and oxygen atoms in total. The molecule has 1 aliphatic rings. The fraction of sp³-hybridized carbons (Fsp3) is 0.714. The predicted molar refractivity (Wildman–Crippen MR) is 65.9 cm³/mol. The van der Waals surface area contributed by atoms with Gasteiger partial charge >= 0.3 is 101 Å². The molecule has 15 heavy (non-hydrogen) atoms. The van der Waals surface area contributed by atoms with Crippen molar-refractivity contribution < 1.29 is 17.3 Å². The van der Waals surface area contributed by atoms with Gasteiger partial charge in [0.15, 0.2) is 0 Å². The van der Waals surface area contributed by atoms with Crippen LogP contribution in [-0.2, 0) is 17.3 Å². The van der Waals surface area contributed by atoms with Crippen LogP contribution in [0.15, 0.2) is 22.2 Å². The van der Waals surface area contributed by atoms with Crippen molar-refractivity contribution in [3.05, 3.63) is 22.2 Å². The van der Waals surface area contributed by atoms with Crippen molar-refractivity contribution in [2.24, 2.45) is 0 Å². The van der Waals surface area contributed by atoms with E-state index in [9.17, 15) is 0 Å². The van der Waals surface area contributed by atoms with Crippen molar-refractivity contribution >= 4 is 0 Å². The van der Waals surface area contributed by atoms with Crippen molar-refractivity contribution in [3.63, 3.8) is 0 Å². The van der Waals surface area contributed by atoms with Crippen LogP contribution in [0, 0.1) is 0 Å². The molecule has 0 fully saturated rings. The summed E-state index contributed by atoms with van der Waals surface area (Å²) in [6.45, 7) is 4.70. The predicted octanol–water partition coefficient (Wildman–Crippen LogP) is 5.28. The summed E-state index contributed by atoms with van der Waals surface area (Å²) in [5, 5.41) is 0. The van der Waals surface area contributed by atoms with Crippen LogP contribution < -0.4 is 0 Å². The number of hydrogen-bond acceptors (Lipinski definition) is 0. The zero-order chi connectivity index (χ0) is 10.9. The minimum atomic E-state index is -0.726. The molecule has 0 bridgehead atoms. The molecule has 0 unspecified atom stereocenters. The molecule has 0 saturated carbocycles. The van der Waals surface area contributed by atoms with E-state index in [2.05, 4.69) is 32.1 Å². The maximum atomic E-state index is 2.60. The standard InChI is InChI=1S/C8H11.2C3H7.Pt/c1-2-4-6-8-7-5-3-1;2*1-3-2;/h1-2,7H,3-6H2;2*1,3H2,2H3;. The Morgan fingerprint density at radius 2 is 1.67 bits per heavy atom. The molecule has 1 heteroatoms. The van der Waals surface area contributed by atoms with Crippen LogP contribution in [0.3, 0.4) is 0 Å². The molecule has 0 aromatic heterocycles. The van der Waals surface area contributed by atoms with Gasteiger partial charge in [-0.2, -0.15) is 0 Å². The molecule has 1 rings (SSSR count). The van der Waals surface area contributed by atoms with Crippen LogP contribution in [0.4, 0.5) is 0 Å². The van der Waals surface area contributed by atoms with Gasteiger partial charge < -0.3 is 0 Å². The molecular formula is C14H25Pt. The van der Waals surface area contributed by atoms with E-state index in [4.69, 9.17) is 0 Å². The Bertz CT molecular complexity index is 209. The Balaban J connectivity index is 2.54. The van der Waals surface area contributed by atoms with Crippen molar-refractivity contribution in [1.82, 2.24) is 0 Å². The summed E-state index contributed by atoms with van der Waals surface area (Å²) in [5.74, 6) is 0. The topological polar surface area (TPSA) is 0 Å². The SMILES string of the molecule is CC[CH2][Pt]([CH2]CC)[C]1=CCCC=CCC1. The molecule has 0 heterocycles. The van der Waals surface area contributed by atoms with Crippen LogP contribution >= 0.6 is 0 Å². The average Bonchev–Trinajstić information content (AvgIpc) is 2.17. The summed E-state index contributed by atoms with van der Waals surface area (Å²) >= 11 is -0.726. The summed E-state index contributed by atoms with van der Waals surface area (Å²) in [6, 6.07) is 0. The number of hydrogen-bond donors (Lipinski definition) is 0. The average molecular weight is 388 g/mol. The van der Waals surface area contributed by atoms with Gasteiger partial charge in [0.25, 0.3) is 0 Å². The summed E-state index contributed by atoms with van der Waals surface area (Å²) in [4.78, 5) is 3.10. The van der Waals surface area contributed by atoms with Crippen LogP contribution in [0.25, 0.3) is 0 Å². The monoisotopic (exact) mass is 388 g/mol. The molecule has 91 valence electrons. The maximum absolute atomic E-state index is 2.60. The molecular weight excluding hydrogens is 363 g/mol. The molecule has 0 aromatic carbocycles. The molecule has 0 radical (unpaired) electrons. The van der Waals surface area contributed by atoms with Gasteiger partial charge in [-0.25, -0.2) is 0 Å². The third kappa shape index (κ3) is 5.16. The molecule has 1 aliphatic carbocycles. The van der Waals surface area contributed by atoms with Gasteiger partial charge in [0.05, 0.1) is 0 Å². The van der Waals surface area contributed by atoms with E-state index >= 15 is 0 Å². The van der Waals surface area contributed by atoms with Gasteiger partial charge in [0.2, 0.25) is 0 Å². The van der Waals surface area contributed by atoms with Gasteiger partial charge in [0, 0.05) is 0 Å². The first-order valence-corrected chi connectivity index (χ1v) is 10.6. The zero-order valence-corrected chi connectivity index (χ0v) is 12.5. The normalized spacial score (nSPS) is 18.0. The van der Waals surface area contributed by atoms with Crippen molar-refractivity contribution in [2.45, 2.75) is 62.0 Å². The first-order chi connectivity index (χ1) is 7.38. The first kappa shape index (κ1) is 13.2. The Kier molecular flexibility index (Phi) is 7.35. The fourth-order valence-corrected chi connectivity index (χ4v) is 8.63. The van der Waals surface area contributed by atoms with E-state index in [0.717, 1.165) is 0 Å². The third-order valence-corrected chi connectivity index (χ3v) is 10.5. The van der Waals surface area contributed by atoms with E-state index in [1.807, 2.05) is 3.96 Å². The number of rotatable bonds is 5. The second kappa shape index (κ2) is 8.34. The van der Waals surface area contributed by atoms with Gasteiger partial charge in [-0.05, 0) is 0 Å². The van der Waals surface area contributed by atoms with Crippen molar-refractivity contribution in [3.8, 4) is 0 Å². The molecule has 0 spiro atoms. The second-order valence-electron chi connectivity index (χ2n) is 3.90. The Morgan fingerprint density at radius 1 is 1.00 bits per heavy atom. The van der Waals surface area contributed by atoms with Gasteiger partial charge in [-0.3, -0.25) is 0 Å². The van der Waals surface area contributed by atoms with Gasteiger partial charge in [-0.15, -0.1) is 0 Å². The van der Waals surface area contributed by atoms with E-state index in [-0.39, 0.29) is 0 Å². The van der Waals surface area contributed by atoms with E-state index in [0.29, 0.717) is 0 Å². The Hall–Kier alpha value is 0.168. The number of allylic oxidation sites excluding steroid dienone is 4. The van der Waals surface area contributed by atoms with Gasteiger partial charge in [0.1, 0.15) is 0 Å². The Morgan fingerprint density at radius 3 is 2.33 bits per heavy atom. The van der Waals surface area contributed by atoms with Crippen LogP contribution in [0.2, 0.25) is 9.62 Å². The quantitative estimate of drug-likeness (QED) is 0.563. The van der Waals surface area contributed by atoms with E-state index < -0.39 is 17.3 Å². The van der Waals surface area contributed by atoms with E-state index in [1.54, 1.807) is 9.62 Å². The molecule has 0 aromatic rings. The summed E-state index contributed by atoms with van der Waals surface area (Å²) in [6.07, 6.45) is 15.4. The van der Waals surface area contributed by atoms with Crippen LogP contribution in [-0.4, -0.2) is 0 Å². The van der Waals surface area contributed by atoms with Crippen molar-refractivity contribution in [1.29, 1.82) is 0 Å². The molecule has 0 N–H and O–H groups in total. The third-order valence-electron chi connectivity index (χ3n) is 2.37. The van der Waals surface area contributed by atoms with Gasteiger partial charge in [-0.1, -0.05) is 0 Å². The zero-order valence-electron chi connectivity index (χ0n) is 10.2. The minimum absolute atomic E-state index is 0.726. The van der Waals surface area contributed by atoms with E-state index in [1.165, 1.54) is 38.5 Å². The molecule has 0 atom stereocenters. The summed E-state index contributed by atoms with van der Waals surface area (Å²) in [5.41, 5.74) is 0. The first-order valence-electron chi connectivity index (χ1n) is 6.22. The molecule has 0 saturated heterocycles. The van der Waals surface area contributed by atoms with Crippen LogP contribution in [0.5, 0.6) is 0 Å². The summed E-state index contributed by atoms with van der Waals surface area (Å²) < 4.78 is 1.91. The molecule has 0 aliphatic heterocycles. The molecule has 0 amide bonds. The Labute approximate surface area is 101 Å².